The first-order valence-electron chi connectivity index (χ1n) is 5.78. The predicted molar refractivity (Wildman–Crippen MR) is 73.9 cm³/mol. The standard InChI is InChI=1S/C12H19BrN2S/c1-14-6-10-3-4-11(10)15(2)7-9-5-12(13)16-8-9/h5,8,10-11,14H,3-4,6-7H2,1-2H3. The summed E-state index contributed by atoms with van der Waals surface area (Å²) in [6, 6.07) is 3.00. The molecule has 1 heterocycles. The SMILES string of the molecule is CNCC1CCC1N(C)Cc1csc(Br)c1. The van der Waals surface area contributed by atoms with E-state index in [0.29, 0.717) is 0 Å². The summed E-state index contributed by atoms with van der Waals surface area (Å²) in [5.74, 6) is 0.845. The lowest BCUT2D eigenvalue weighted by Gasteiger charge is -2.42. The van der Waals surface area contributed by atoms with E-state index in [1.54, 1.807) is 11.3 Å². The number of rotatable bonds is 5. The first-order chi connectivity index (χ1) is 7.70. The third-order valence-corrected chi connectivity index (χ3v) is 5.02. The summed E-state index contributed by atoms with van der Waals surface area (Å²) in [7, 11) is 4.30. The maximum atomic E-state index is 3.52. The van der Waals surface area contributed by atoms with Gasteiger partial charge in [0.15, 0.2) is 0 Å². The molecule has 0 aliphatic heterocycles. The number of nitrogens with zero attached hydrogens (tertiary/aromatic N) is 1. The molecule has 0 bridgehead atoms. The molecular weight excluding hydrogens is 284 g/mol. The summed E-state index contributed by atoms with van der Waals surface area (Å²) in [5.41, 5.74) is 1.43. The maximum Gasteiger partial charge on any atom is 0.0701 e. The normalized spacial score (nSPS) is 24.8. The molecule has 4 heteroatoms. The van der Waals surface area contributed by atoms with Gasteiger partial charge in [0.2, 0.25) is 0 Å². The van der Waals surface area contributed by atoms with Gasteiger partial charge in [0, 0.05) is 12.6 Å². The second-order valence-electron chi connectivity index (χ2n) is 4.64. The lowest BCUT2D eigenvalue weighted by Crippen LogP contribution is -2.48. The minimum Gasteiger partial charge on any atom is -0.319 e. The molecule has 1 aromatic rings. The van der Waals surface area contributed by atoms with Crippen molar-refractivity contribution in [2.45, 2.75) is 25.4 Å². The quantitative estimate of drug-likeness (QED) is 0.900. The highest BCUT2D eigenvalue weighted by atomic mass is 79.9. The number of hydrogen-bond acceptors (Lipinski definition) is 3. The topological polar surface area (TPSA) is 15.3 Å². The minimum absolute atomic E-state index is 0.770. The Hall–Kier alpha value is 0.100. The van der Waals surface area contributed by atoms with Gasteiger partial charge in [-0.1, -0.05) is 0 Å². The van der Waals surface area contributed by atoms with Crippen LogP contribution < -0.4 is 5.32 Å². The van der Waals surface area contributed by atoms with Gasteiger partial charge in [0.05, 0.1) is 3.79 Å². The van der Waals surface area contributed by atoms with Crippen molar-refractivity contribution >= 4 is 27.3 Å². The molecule has 1 aliphatic carbocycles. The molecule has 0 aromatic carbocycles. The lowest BCUT2D eigenvalue weighted by molar-refractivity contribution is 0.0794. The fourth-order valence-corrected chi connectivity index (χ4v) is 3.67. The summed E-state index contributed by atoms with van der Waals surface area (Å²) in [6.07, 6.45) is 2.73. The van der Waals surface area contributed by atoms with E-state index in [2.05, 4.69) is 44.6 Å². The van der Waals surface area contributed by atoms with E-state index < -0.39 is 0 Å². The Kier molecular flexibility index (Phi) is 4.41. The molecule has 2 unspecified atom stereocenters. The first kappa shape index (κ1) is 12.6. The van der Waals surface area contributed by atoms with Gasteiger partial charge >= 0.3 is 0 Å². The van der Waals surface area contributed by atoms with E-state index >= 15 is 0 Å². The van der Waals surface area contributed by atoms with Gasteiger partial charge in [-0.15, -0.1) is 11.3 Å². The molecule has 1 aliphatic rings. The summed E-state index contributed by atoms with van der Waals surface area (Å²) in [5, 5.41) is 5.53. The minimum atomic E-state index is 0.770. The van der Waals surface area contributed by atoms with Crippen LogP contribution in [0.5, 0.6) is 0 Å². The van der Waals surface area contributed by atoms with Crippen molar-refractivity contribution in [1.82, 2.24) is 10.2 Å². The van der Waals surface area contributed by atoms with Gasteiger partial charge in [-0.05, 0) is 72.3 Å². The highest BCUT2D eigenvalue weighted by molar-refractivity contribution is 9.11. The molecule has 2 atom stereocenters. The van der Waals surface area contributed by atoms with E-state index in [1.807, 2.05) is 7.05 Å². The highest BCUT2D eigenvalue weighted by Gasteiger charge is 2.33. The molecule has 0 spiro atoms. The van der Waals surface area contributed by atoms with Crippen LogP contribution in [0.2, 0.25) is 0 Å². The average Bonchev–Trinajstić information content (AvgIpc) is 2.58. The number of hydrogen-bond donors (Lipinski definition) is 1. The van der Waals surface area contributed by atoms with Crippen LogP contribution in [0.1, 0.15) is 18.4 Å². The van der Waals surface area contributed by atoms with Crippen LogP contribution >= 0.6 is 27.3 Å². The Morgan fingerprint density at radius 1 is 1.56 bits per heavy atom. The zero-order valence-corrected chi connectivity index (χ0v) is 12.3. The van der Waals surface area contributed by atoms with Crippen molar-refractivity contribution < 1.29 is 0 Å². The zero-order valence-electron chi connectivity index (χ0n) is 9.87. The highest BCUT2D eigenvalue weighted by Crippen LogP contribution is 2.32. The monoisotopic (exact) mass is 302 g/mol. The summed E-state index contributed by atoms with van der Waals surface area (Å²) < 4.78 is 1.23. The zero-order chi connectivity index (χ0) is 11.5. The van der Waals surface area contributed by atoms with Crippen LogP contribution in [-0.4, -0.2) is 31.6 Å². The summed E-state index contributed by atoms with van der Waals surface area (Å²) in [4.78, 5) is 2.50. The van der Waals surface area contributed by atoms with E-state index in [1.165, 1.54) is 22.2 Å². The predicted octanol–water partition coefficient (Wildman–Crippen LogP) is 2.94. The summed E-state index contributed by atoms with van der Waals surface area (Å²) >= 11 is 5.29. The molecule has 2 nitrogen and oxygen atoms in total. The molecule has 1 N–H and O–H groups in total. The van der Waals surface area contributed by atoms with Gasteiger partial charge < -0.3 is 5.32 Å². The van der Waals surface area contributed by atoms with Gasteiger partial charge in [-0.3, -0.25) is 4.90 Å². The van der Waals surface area contributed by atoms with E-state index in [-0.39, 0.29) is 0 Å². The Balaban J connectivity index is 1.86. The van der Waals surface area contributed by atoms with Crippen LogP contribution in [0, 0.1) is 5.92 Å². The van der Waals surface area contributed by atoms with Crippen molar-refractivity contribution in [2.24, 2.45) is 5.92 Å². The summed E-state index contributed by atoms with van der Waals surface area (Å²) in [6.45, 7) is 2.23. The largest absolute Gasteiger partial charge is 0.319 e. The Morgan fingerprint density at radius 3 is 2.88 bits per heavy atom. The average molecular weight is 303 g/mol. The third-order valence-electron chi connectivity index (χ3n) is 3.46. The Morgan fingerprint density at radius 2 is 2.38 bits per heavy atom. The van der Waals surface area contributed by atoms with E-state index in [0.717, 1.165) is 25.0 Å². The molecule has 0 radical (unpaired) electrons. The van der Waals surface area contributed by atoms with Crippen LogP contribution in [-0.2, 0) is 6.54 Å². The molecule has 1 saturated carbocycles. The van der Waals surface area contributed by atoms with Crippen molar-refractivity contribution in [3.05, 3.63) is 20.8 Å². The molecule has 1 fully saturated rings. The van der Waals surface area contributed by atoms with Gasteiger partial charge in [0.1, 0.15) is 0 Å². The second-order valence-corrected chi connectivity index (χ2v) is 6.93. The fourth-order valence-electron chi connectivity index (χ4n) is 2.47. The maximum absolute atomic E-state index is 3.52. The van der Waals surface area contributed by atoms with Gasteiger partial charge in [-0.2, -0.15) is 0 Å². The van der Waals surface area contributed by atoms with Crippen LogP contribution in [0.3, 0.4) is 0 Å². The molecular formula is C12H19BrN2S. The number of nitrogens with one attached hydrogen (secondary N) is 1. The van der Waals surface area contributed by atoms with E-state index in [4.69, 9.17) is 0 Å². The molecule has 1 aromatic heterocycles. The lowest BCUT2D eigenvalue weighted by atomic mass is 9.78. The first-order valence-corrected chi connectivity index (χ1v) is 7.45. The van der Waals surface area contributed by atoms with E-state index in [9.17, 15) is 0 Å². The number of halogens is 1. The molecule has 90 valence electrons. The Bertz CT molecular complexity index is 340. The van der Waals surface area contributed by atoms with Crippen molar-refractivity contribution in [1.29, 1.82) is 0 Å². The smallest absolute Gasteiger partial charge is 0.0701 e. The van der Waals surface area contributed by atoms with Crippen molar-refractivity contribution in [3.63, 3.8) is 0 Å². The fraction of sp³-hybridized carbons (Fsp3) is 0.667. The van der Waals surface area contributed by atoms with Crippen LogP contribution in [0.4, 0.5) is 0 Å². The van der Waals surface area contributed by atoms with Crippen molar-refractivity contribution in [3.8, 4) is 0 Å². The number of thiophene rings is 1. The second kappa shape index (κ2) is 5.63. The molecule has 2 rings (SSSR count). The molecule has 0 amide bonds. The molecule has 16 heavy (non-hydrogen) atoms. The van der Waals surface area contributed by atoms with Crippen LogP contribution in [0.15, 0.2) is 15.2 Å². The van der Waals surface area contributed by atoms with Gasteiger partial charge in [-0.25, -0.2) is 0 Å². The van der Waals surface area contributed by atoms with Gasteiger partial charge in [0.25, 0.3) is 0 Å². The molecule has 0 saturated heterocycles. The van der Waals surface area contributed by atoms with Crippen LogP contribution in [0.25, 0.3) is 0 Å². The Labute approximate surface area is 110 Å². The van der Waals surface area contributed by atoms with Crippen molar-refractivity contribution in [2.75, 3.05) is 20.6 Å². The third kappa shape index (κ3) is 2.86.